The molecule has 2 aliphatic rings. The molecule has 0 unspecified atom stereocenters. The molecule has 0 atom stereocenters. The van der Waals surface area contributed by atoms with Crippen molar-refractivity contribution >= 4 is 28.9 Å². The topological polar surface area (TPSA) is 108 Å². The van der Waals surface area contributed by atoms with Gasteiger partial charge in [-0.1, -0.05) is 30.0 Å². The number of aromatic amines is 1. The van der Waals surface area contributed by atoms with E-state index in [1.54, 1.807) is 25.3 Å². The summed E-state index contributed by atoms with van der Waals surface area (Å²) in [5.74, 6) is 7.28. The molecule has 3 heterocycles. The molecule has 2 N–H and O–H groups in total. The lowest BCUT2D eigenvalue weighted by atomic mass is 10.00. The number of rotatable bonds is 3. The fourth-order valence-corrected chi connectivity index (χ4v) is 4.49. The third-order valence-corrected chi connectivity index (χ3v) is 6.62. The number of allylic oxidation sites excluding steroid dienone is 1. The predicted molar refractivity (Wildman–Crippen MR) is 134 cm³/mol. The van der Waals surface area contributed by atoms with Crippen LogP contribution in [0.25, 0.3) is 17.0 Å². The average Bonchev–Trinajstić information content (AvgIpc) is 3.43. The fraction of sp³-hybridized carbons (Fsp3) is 0.296. The smallest absolute Gasteiger partial charge is 0.407 e. The van der Waals surface area contributed by atoms with Gasteiger partial charge in [0.25, 0.3) is 0 Å². The summed E-state index contributed by atoms with van der Waals surface area (Å²) in [6, 6.07) is 11.1. The lowest BCUT2D eigenvalue weighted by molar-refractivity contribution is 0.0744. The molecule has 9 nitrogen and oxygen atoms in total. The Morgan fingerprint density at radius 3 is 2.67 bits per heavy atom. The predicted octanol–water partition coefficient (Wildman–Crippen LogP) is 3.61. The van der Waals surface area contributed by atoms with Crippen LogP contribution in [0.5, 0.6) is 11.5 Å². The lowest BCUT2D eigenvalue weighted by Gasteiger charge is -2.40. The average molecular weight is 487 g/mol. The lowest BCUT2D eigenvalue weighted by Crippen LogP contribution is -2.55. The standard InChI is InChI=1S/C27H26N4O5/c1-27(2,31-14-12-30(13-15-31)26(33)34)11-10-18-22(35-3)9-8-19-24(32)23(36-25(18)19)16-21-17-6-4-5-7-20(17)28-29-21/h4-9,16H,12-15H2,1-3H3,(H,28,29)(H,33,34). The minimum absolute atomic E-state index is 0.169. The van der Waals surface area contributed by atoms with Crippen molar-refractivity contribution in [3.63, 3.8) is 0 Å². The Morgan fingerprint density at radius 2 is 1.94 bits per heavy atom. The van der Waals surface area contributed by atoms with Crippen LogP contribution in [-0.2, 0) is 0 Å². The van der Waals surface area contributed by atoms with Crippen LogP contribution in [0.2, 0.25) is 0 Å². The van der Waals surface area contributed by atoms with E-state index < -0.39 is 11.6 Å². The van der Waals surface area contributed by atoms with E-state index in [2.05, 4.69) is 26.9 Å². The summed E-state index contributed by atoms with van der Waals surface area (Å²) in [6.07, 6.45) is 0.730. The quantitative estimate of drug-likeness (QED) is 0.430. The van der Waals surface area contributed by atoms with Gasteiger partial charge in [0, 0.05) is 37.6 Å². The minimum Gasteiger partial charge on any atom is -0.495 e. The summed E-state index contributed by atoms with van der Waals surface area (Å²) < 4.78 is 11.6. The number of amides is 1. The Kier molecular flexibility index (Phi) is 5.90. The van der Waals surface area contributed by atoms with Gasteiger partial charge in [-0.15, -0.1) is 0 Å². The second kappa shape index (κ2) is 9.06. The van der Waals surface area contributed by atoms with Crippen LogP contribution in [0, 0.1) is 11.8 Å². The zero-order valence-electron chi connectivity index (χ0n) is 20.3. The largest absolute Gasteiger partial charge is 0.495 e. The third-order valence-electron chi connectivity index (χ3n) is 6.62. The maximum absolute atomic E-state index is 13.2. The number of ketones is 1. The Bertz CT molecular complexity index is 1450. The van der Waals surface area contributed by atoms with Gasteiger partial charge in [0.05, 0.1) is 29.4 Å². The van der Waals surface area contributed by atoms with Gasteiger partial charge in [0.15, 0.2) is 11.5 Å². The number of hydrogen-bond acceptors (Lipinski definition) is 6. The highest BCUT2D eigenvalue weighted by atomic mass is 16.5. The molecule has 3 aromatic rings. The second-order valence-corrected chi connectivity index (χ2v) is 9.18. The van der Waals surface area contributed by atoms with E-state index in [1.165, 1.54) is 4.90 Å². The molecule has 0 spiro atoms. The van der Waals surface area contributed by atoms with Gasteiger partial charge in [0.1, 0.15) is 11.3 Å². The second-order valence-electron chi connectivity index (χ2n) is 9.18. The summed E-state index contributed by atoms with van der Waals surface area (Å²) in [4.78, 5) is 27.9. The first-order valence-electron chi connectivity index (χ1n) is 11.6. The Hall–Kier alpha value is -4.29. The number of nitrogens with zero attached hydrogens (tertiary/aromatic N) is 3. The van der Waals surface area contributed by atoms with Crippen LogP contribution < -0.4 is 9.47 Å². The van der Waals surface area contributed by atoms with Crippen LogP contribution in [0.4, 0.5) is 4.79 Å². The van der Waals surface area contributed by atoms with Crippen LogP contribution in [-0.4, -0.2) is 75.8 Å². The number of hydrogen-bond donors (Lipinski definition) is 2. The zero-order valence-corrected chi connectivity index (χ0v) is 20.3. The van der Waals surface area contributed by atoms with Crippen molar-refractivity contribution in [3.8, 4) is 23.3 Å². The minimum atomic E-state index is -0.906. The third kappa shape index (κ3) is 4.16. The first-order chi connectivity index (χ1) is 17.3. The monoisotopic (exact) mass is 486 g/mol. The molecule has 0 bridgehead atoms. The number of H-pyrrole nitrogens is 1. The Balaban J connectivity index is 1.46. The van der Waals surface area contributed by atoms with E-state index >= 15 is 0 Å². The van der Waals surface area contributed by atoms with E-state index in [0.717, 1.165) is 10.9 Å². The first kappa shape index (κ1) is 23.5. The van der Waals surface area contributed by atoms with Crippen molar-refractivity contribution in [2.24, 2.45) is 0 Å². The van der Waals surface area contributed by atoms with Gasteiger partial charge in [-0.2, -0.15) is 5.10 Å². The number of ether oxygens (including phenoxy) is 2. The molecule has 2 aromatic carbocycles. The molecule has 36 heavy (non-hydrogen) atoms. The number of carbonyl (C=O) groups is 2. The van der Waals surface area contributed by atoms with Gasteiger partial charge in [0.2, 0.25) is 5.78 Å². The molecule has 0 aliphatic carbocycles. The molecule has 5 rings (SSSR count). The van der Waals surface area contributed by atoms with Crippen molar-refractivity contribution in [1.82, 2.24) is 20.0 Å². The first-order valence-corrected chi connectivity index (χ1v) is 11.6. The molecular weight excluding hydrogens is 460 g/mol. The summed E-state index contributed by atoms with van der Waals surface area (Å²) in [7, 11) is 1.55. The van der Waals surface area contributed by atoms with E-state index in [9.17, 15) is 14.7 Å². The Labute approximate surface area is 208 Å². The molecule has 0 radical (unpaired) electrons. The van der Waals surface area contributed by atoms with E-state index in [4.69, 9.17) is 9.47 Å². The Morgan fingerprint density at radius 1 is 1.19 bits per heavy atom. The van der Waals surface area contributed by atoms with E-state index in [-0.39, 0.29) is 11.5 Å². The number of nitrogens with one attached hydrogen (secondary N) is 1. The molecule has 1 saturated heterocycles. The van der Waals surface area contributed by atoms with Crippen molar-refractivity contribution in [3.05, 3.63) is 59.0 Å². The number of Topliss-reactive ketones (excluding diaryl/α,β-unsaturated/α-hetero) is 1. The SMILES string of the molecule is COc1ccc2c(c1C#CC(C)(C)N1CCN(C(=O)O)CC1)OC(=Cc1n[nH]c3ccccc13)C2=O. The molecule has 9 heteroatoms. The molecule has 1 aromatic heterocycles. The van der Waals surface area contributed by atoms with Crippen LogP contribution in [0.1, 0.15) is 35.5 Å². The normalized spacial score (nSPS) is 17.0. The summed E-state index contributed by atoms with van der Waals surface area (Å²) in [5.41, 5.74) is 1.86. The van der Waals surface area contributed by atoms with Gasteiger partial charge >= 0.3 is 6.09 Å². The number of fused-ring (bicyclic) bond motifs is 2. The highest BCUT2D eigenvalue weighted by Gasteiger charge is 2.33. The van der Waals surface area contributed by atoms with Crippen LogP contribution in [0.3, 0.4) is 0 Å². The molecule has 0 saturated carbocycles. The van der Waals surface area contributed by atoms with Crippen molar-refractivity contribution in [2.75, 3.05) is 33.3 Å². The van der Waals surface area contributed by atoms with Gasteiger partial charge < -0.3 is 19.5 Å². The van der Waals surface area contributed by atoms with Gasteiger partial charge in [-0.25, -0.2) is 4.79 Å². The molecule has 1 fully saturated rings. The van der Waals surface area contributed by atoms with Crippen LogP contribution >= 0.6 is 0 Å². The number of carboxylic acid groups (broad SMARTS) is 1. The maximum Gasteiger partial charge on any atom is 0.407 e. The number of benzene rings is 2. The highest BCUT2D eigenvalue weighted by molar-refractivity contribution is 6.15. The zero-order chi connectivity index (χ0) is 25.4. The number of methoxy groups -OCH3 is 1. The number of piperazine rings is 1. The van der Waals surface area contributed by atoms with E-state index in [0.29, 0.717) is 54.5 Å². The number of para-hydroxylation sites is 1. The molecule has 1 amide bonds. The number of aromatic nitrogens is 2. The summed E-state index contributed by atoms with van der Waals surface area (Å²) >= 11 is 0. The maximum atomic E-state index is 13.2. The van der Waals surface area contributed by atoms with Gasteiger partial charge in [-0.05, 0) is 32.0 Å². The van der Waals surface area contributed by atoms with Crippen molar-refractivity contribution in [2.45, 2.75) is 19.4 Å². The summed E-state index contributed by atoms with van der Waals surface area (Å²) in [6.45, 7) is 6.00. The fourth-order valence-electron chi connectivity index (χ4n) is 4.49. The van der Waals surface area contributed by atoms with Crippen molar-refractivity contribution < 1.29 is 24.2 Å². The molecule has 184 valence electrons. The van der Waals surface area contributed by atoms with Gasteiger partial charge in [-0.3, -0.25) is 14.8 Å². The molecule has 2 aliphatic heterocycles. The molecular formula is C27H26N4O5. The van der Waals surface area contributed by atoms with Crippen LogP contribution in [0.15, 0.2) is 42.2 Å². The van der Waals surface area contributed by atoms with E-state index in [1.807, 2.05) is 38.1 Å². The summed E-state index contributed by atoms with van der Waals surface area (Å²) in [5, 5.41) is 17.4. The van der Waals surface area contributed by atoms with Crippen molar-refractivity contribution in [1.29, 1.82) is 0 Å². The highest BCUT2D eigenvalue weighted by Crippen LogP contribution is 2.39. The number of carbonyl (C=O) groups excluding carboxylic acids is 1.